The van der Waals surface area contributed by atoms with Crippen LogP contribution in [-0.4, -0.2) is 169 Å². The van der Waals surface area contributed by atoms with Gasteiger partial charge in [-0.1, -0.05) is 78.7 Å². The van der Waals surface area contributed by atoms with E-state index in [0.717, 1.165) is 22.1 Å². The Morgan fingerprint density at radius 1 is 1.02 bits per heavy atom. The number of primary amides is 1. The third kappa shape index (κ3) is 18.9. The lowest BCUT2D eigenvalue weighted by Crippen LogP contribution is -2.63. The van der Waals surface area contributed by atoms with Crippen LogP contribution in [0.5, 0.6) is 11.5 Å². The molecule has 2 aromatic rings. The van der Waals surface area contributed by atoms with Crippen molar-refractivity contribution >= 4 is 92.5 Å². The predicted octanol–water partition coefficient (Wildman–Crippen LogP) is 5.99. The van der Waals surface area contributed by atoms with Crippen LogP contribution < -0.4 is 42.0 Å². The van der Waals surface area contributed by atoms with Gasteiger partial charge in [-0.15, -0.1) is 0 Å². The van der Waals surface area contributed by atoms with E-state index in [1.54, 1.807) is 58.9 Å². The van der Waals surface area contributed by atoms with Crippen LogP contribution >= 0.6 is 27.5 Å². The third-order valence-corrected chi connectivity index (χ3v) is 16.9. The largest absolute Gasteiger partial charge is 0.506 e. The number of nitrogens with zero attached hydrogens (tertiary/aromatic N) is 2. The maximum absolute atomic E-state index is 14.5. The van der Waals surface area contributed by atoms with Gasteiger partial charge in [-0.05, 0) is 108 Å². The number of esters is 2. The SMILES string of the molecule is C=C(CBr)C(=O)OC(C)CCCCC(=O)N[C@H](C(=O)N[C@@H](CCCNC(N)=O)C(=O)Nc1ccc(C(=O)N(C)[C@@H](C)C(=O)O[C@H]2CC(=O)N(C)c3cc(cc(OC)c3Cl)C/C(C)=C/C=C/[C@@H](OC)[C@@]3(O)C[C@H](OC(=O)N3)[C@@H](C)[C@@H]3O[C@@]23C)cc1O)C(C)C. The first kappa shape index (κ1) is 71.5. The summed E-state index contributed by atoms with van der Waals surface area (Å²) in [5.74, 6) is -6.06. The molecule has 11 atom stereocenters. The molecule has 27 heteroatoms. The van der Waals surface area contributed by atoms with E-state index in [0.29, 0.717) is 37.1 Å². The van der Waals surface area contributed by atoms with E-state index in [1.165, 1.54) is 52.3 Å². The van der Waals surface area contributed by atoms with Crippen LogP contribution in [0.2, 0.25) is 5.02 Å². The van der Waals surface area contributed by atoms with Gasteiger partial charge < -0.3 is 75.4 Å². The van der Waals surface area contributed by atoms with Crippen LogP contribution in [0.1, 0.15) is 116 Å². The van der Waals surface area contributed by atoms with Crippen molar-refractivity contribution in [2.75, 3.05) is 50.4 Å². The van der Waals surface area contributed by atoms with E-state index in [9.17, 15) is 53.4 Å². The number of hydrogen-bond acceptors (Lipinski definition) is 17. The number of aliphatic hydroxyl groups is 1. The molecule has 2 saturated heterocycles. The summed E-state index contributed by atoms with van der Waals surface area (Å²) >= 11 is 10.0. The first-order chi connectivity index (χ1) is 41.4. The first-order valence-electron chi connectivity index (χ1n) is 29.0. The van der Waals surface area contributed by atoms with Gasteiger partial charge in [-0.3, -0.25) is 29.3 Å². The predicted molar refractivity (Wildman–Crippen MR) is 329 cm³/mol. The Hall–Kier alpha value is -7.26. The fourth-order valence-corrected chi connectivity index (χ4v) is 10.8. The Morgan fingerprint density at radius 2 is 1.73 bits per heavy atom. The normalized spacial score (nSPS) is 24.2. The number of alkyl carbamates (subject to hydrolysis) is 1. The maximum atomic E-state index is 14.5. The number of nitrogens with one attached hydrogen (secondary N) is 5. The zero-order valence-corrected chi connectivity index (χ0v) is 54.0. The van der Waals surface area contributed by atoms with Gasteiger partial charge in [0.25, 0.3) is 5.91 Å². The molecule has 0 spiro atoms. The molecule has 25 nitrogen and oxygen atoms in total. The van der Waals surface area contributed by atoms with Crippen molar-refractivity contribution in [1.82, 2.24) is 26.2 Å². The molecule has 0 aliphatic carbocycles. The molecule has 9 N–H and O–H groups in total. The van der Waals surface area contributed by atoms with Gasteiger partial charge >= 0.3 is 24.1 Å². The van der Waals surface area contributed by atoms with Crippen LogP contribution in [0.4, 0.5) is 21.0 Å². The van der Waals surface area contributed by atoms with Gasteiger partial charge in [-0.2, -0.15) is 0 Å². The van der Waals surface area contributed by atoms with Crippen molar-refractivity contribution in [2.45, 2.75) is 166 Å². The quantitative estimate of drug-likeness (QED) is 0.0114. The standard InChI is InChI=1S/C61H84BrClN8O17/c1-32(2)51(68-48(73)21-14-13-18-35(5)85-56(78)34(4)31-62)54(76)67-41(19-16-24-65-58(64)80)53(75)66-40-23-22-39(28-43(40)72)55(77)70(9)37(7)57(79)87-47-29-49(74)71(10)42-26-38(27-44(83-11)50(42)63)25-33(3)17-15-20-46(84-12)61(82)30-45(86-59(81)69-61)36(6)52-60(47,8)88-52/h15,17,20,22-23,26-28,32,35-37,41,45-47,51-52,72,82H,4,13-14,16,18-19,21,24-25,29-31H2,1-3,5-12H3,(H,66,75)(H,67,76)(H,68,73)(H,69,81)(H3,64,65,80)/b20-15+,33-17+/t35?,36-,37+,41+,45+,46-,47+,51+,52+,60+,61+/m1/s1. The number of nitrogens with two attached hydrogens (primary N) is 1. The molecule has 3 heterocycles. The Balaban J connectivity index is 1.32. The summed E-state index contributed by atoms with van der Waals surface area (Å²) in [6.45, 7) is 15.5. The minimum atomic E-state index is -1.93. The highest BCUT2D eigenvalue weighted by atomic mass is 79.9. The third-order valence-electron chi connectivity index (χ3n) is 15.8. The molecular formula is C61H84BrClN8O17. The summed E-state index contributed by atoms with van der Waals surface area (Å²) in [5.41, 5.74) is 3.79. The first-order valence-corrected chi connectivity index (χ1v) is 30.5. The number of fused-ring (bicyclic) bond motifs is 5. The van der Waals surface area contributed by atoms with E-state index in [2.05, 4.69) is 49.1 Å². The van der Waals surface area contributed by atoms with Crippen LogP contribution in [0.3, 0.4) is 0 Å². The number of hydrogen-bond donors (Lipinski definition) is 8. The molecule has 3 aliphatic heterocycles. The summed E-state index contributed by atoms with van der Waals surface area (Å²) in [4.78, 5) is 123. The number of phenols is 1. The minimum Gasteiger partial charge on any atom is -0.506 e. The van der Waals surface area contributed by atoms with Gasteiger partial charge in [0.15, 0.2) is 5.72 Å². The molecule has 8 amide bonds. The van der Waals surface area contributed by atoms with Crippen molar-refractivity contribution < 1.29 is 81.8 Å². The second-order valence-electron chi connectivity index (χ2n) is 23.0. The van der Waals surface area contributed by atoms with E-state index < -0.39 is 138 Å². The van der Waals surface area contributed by atoms with Crippen molar-refractivity contribution in [3.05, 3.63) is 82.4 Å². The lowest BCUT2D eigenvalue weighted by molar-refractivity contribution is -0.158. The number of carbonyl (C=O) groups excluding carboxylic acids is 9. The molecular weight excluding hydrogens is 1230 g/mol. The van der Waals surface area contributed by atoms with Crippen LogP contribution in [-0.2, 0) is 58.9 Å². The van der Waals surface area contributed by atoms with E-state index in [1.807, 2.05) is 13.0 Å². The molecule has 484 valence electrons. The Bertz CT molecular complexity index is 3000. The lowest BCUT2D eigenvalue weighted by atomic mass is 9.83. The summed E-state index contributed by atoms with van der Waals surface area (Å²) < 4.78 is 34.8. The van der Waals surface area contributed by atoms with Gasteiger partial charge in [0.1, 0.15) is 58.6 Å². The number of aromatic hydroxyl groups is 1. The molecule has 5 rings (SSSR count). The molecule has 0 aromatic heterocycles. The average molecular weight is 1320 g/mol. The summed E-state index contributed by atoms with van der Waals surface area (Å²) in [6, 6.07) is 2.57. The number of ether oxygens (including phenoxy) is 6. The van der Waals surface area contributed by atoms with Crippen molar-refractivity contribution in [3.63, 3.8) is 0 Å². The van der Waals surface area contributed by atoms with E-state index in [-0.39, 0.29) is 59.4 Å². The number of anilines is 2. The number of likely N-dealkylation sites (N-methyl/N-ethyl adjacent to an activating group) is 1. The van der Waals surface area contributed by atoms with Crippen LogP contribution in [0, 0.1) is 11.8 Å². The number of carbonyl (C=O) groups is 9. The van der Waals surface area contributed by atoms with Gasteiger partial charge in [0.05, 0.1) is 37.1 Å². The van der Waals surface area contributed by atoms with Crippen molar-refractivity contribution in [1.29, 1.82) is 0 Å². The van der Waals surface area contributed by atoms with Crippen molar-refractivity contribution in [3.8, 4) is 11.5 Å². The molecule has 1 unspecified atom stereocenters. The number of phenolic OH excluding ortho intramolecular Hbond substituents is 1. The highest BCUT2D eigenvalue weighted by Crippen LogP contribution is 2.49. The molecule has 4 bridgehead atoms. The number of methoxy groups -OCH3 is 2. The molecule has 2 aromatic carbocycles. The van der Waals surface area contributed by atoms with Gasteiger partial charge in [0.2, 0.25) is 23.6 Å². The smallest absolute Gasteiger partial charge is 0.409 e. The average Bonchev–Trinajstić information content (AvgIpc) is 1.58. The maximum Gasteiger partial charge on any atom is 0.409 e. The number of alkyl halides is 1. The molecule has 0 saturated carbocycles. The molecule has 3 aliphatic rings. The van der Waals surface area contributed by atoms with E-state index in [4.69, 9.17) is 45.8 Å². The van der Waals surface area contributed by atoms with Crippen LogP contribution in [0.25, 0.3) is 0 Å². The second kappa shape index (κ2) is 31.8. The Kier molecular flexibility index (Phi) is 25.8. The van der Waals surface area contributed by atoms with Crippen molar-refractivity contribution in [2.24, 2.45) is 17.6 Å². The monoisotopic (exact) mass is 1310 g/mol. The highest BCUT2D eigenvalue weighted by molar-refractivity contribution is 9.09. The number of epoxide rings is 1. The number of halogens is 2. The summed E-state index contributed by atoms with van der Waals surface area (Å²) in [6.07, 6.45) is 1.07. The second-order valence-corrected chi connectivity index (χ2v) is 24.0. The Labute approximate surface area is 526 Å². The molecule has 88 heavy (non-hydrogen) atoms. The number of allylic oxidation sites excluding steroid dienone is 3. The zero-order valence-electron chi connectivity index (χ0n) is 51.6. The fraction of sp³-hybridized carbons (Fsp3) is 0.557. The highest BCUT2D eigenvalue weighted by Gasteiger charge is 2.64. The number of amides is 8. The molecule has 0 radical (unpaired) electrons. The number of benzene rings is 2. The fourth-order valence-electron chi connectivity index (χ4n) is 10.3. The number of unbranched alkanes of at least 4 members (excludes halogenated alkanes) is 1. The van der Waals surface area contributed by atoms with Gasteiger partial charge in [-0.25, -0.2) is 19.2 Å². The summed E-state index contributed by atoms with van der Waals surface area (Å²) in [5, 5.41) is 36.5. The Morgan fingerprint density at radius 3 is 2.36 bits per heavy atom. The zero-order chi connectivity index (χ0) is 65.5. The minimum absolute atomic E-state index is 0.0321. The topological polar surface area (TPSA) is 345 Å². The summed E-state index contributed by atoms with van der Waals surface area (Å²) in [7, 11) is 5.66. The number of urea groups is 1. The number of rotatable bonds is 24. The van der Waals surface area contributed by atoms with Gasteiger partial charge in [0, 0.05) is 63.0 Å². The molecule has 2 fully saturated rings. The van der Waals surface area contributed by atoms with Crippen LogP contribution in [0.15, 0.2) is 66.3 Å². The lowest BCUT2D eigenvalue weighted by Gasteiger charge is -2.42. The van der Waals surface area contributed by atoms with E-state index >= 15 is 0 Å².